The number of ketones is 1. The topological polar surface area (TPSA) is 37.4 Å². The maximum atomic E-state index is 14.0. The van der Waals surface area contributed by atoms with Crippen LogP contribution in [0, 0.1) is 5.82 Å². The Balaban J connectivity index is 2.00. The molecular weight excluding hydrogens is 381 g/mol. The lowest BCUT2D eigenvalue weighted by molar-refractivity contribution is -0.113. The van der Waals surface area contributed by atoms with E-state index in [1.165, 1.54) is 30.0 Å². The molecule has 0 radical (unpaired) electrons. The van der Waals surface area contributed by atoms with E-state index in [1.807, 2.05) is 0 Å². The van der Waals surface area contributed by atoms with Crippen molar-refractivity contribution in [3.8, 4) is 0 Å². The molecule has 0 aromatic heterocycles. The minimum atomic E-state index is -0.517. The zero-order valence-electron chi connectivity index (χ0n) is 13.0. The highest BCUT2D eigenvalue weighted by Crippen LogP contribution is 2.37. The Kier molecular flexibility index (Phi) is 5.03. The van der Waals surface area contributed by atoms with Crippen LogP contribution in [0.4, 0.5) is 10.1 Å². The van der Waals surface area contributed by atoms with Gasteiger partial charge in [0.05, 0.1) is 15.6 Å². The summed E-state index contributed by atoms with van der Waals surface area (Å²) in [6, 6.07) is 11.0. The van der Waals surface area contributed by atoms with Gasteiger partial charge in [0.2, 0.25) is 0 Å². The molecule has 0 N–H and O–H groups in total. The molecule has 2 aromatic carbocycles. The van der Waals surface area contributed by atoms with E-state index in [2.05, 4.69) is 0 Å². The van der Waals surface area contributed by atoms with Gasteiger partial charge in [-0.15, -0.1) is 0 Å². The highest BCUT2D eigenvalue weighted by molar-refractivity contribution is 8.27. The number of halogens is 2. The second-order valence-electron chi connectivity index (χ2n) is 5.26. The number of thiocarbonyl (C=S) groups is 1. The van der Waals surface area contributed by atoms with Crippen molar-refractivity contribution in [3.05, 3.63) is 69.3 Å². The van der Waals surface area contributed by atoms with Gasteiger partial charge in [-0.2, -0.15) is 0 Å². The average molecular weight is 392 g/mol. The molecule has 1 amide bonds. The second-order valence-corrected chi connectivity index (χ2v) is 7.34. The van der Waals surface area contributed by atoms with Crippen LogP contribution in [0.25, 0.3) is 6.08 Å². The van der Waals surface area contributed by atoms with E-state index in [-0.39, 0.29) is 27.2 Å². The van der Waals surface area contributed by atoms with Gasteiger partial charge in [0, 0.05) is 11.1 Å². The summed E-state index contributed by atoms with van der Waals surface area (Å²) in [6.45, 7) is 1.45. The number of thioether (sulfide) groups is 1. The molecule has 0 spiro atoms. The summed E-state index contributed by atoms with van der Waals surface area (Å²) >= 11 is 12.4. The number of anilines is 1. The van der Waals surface area contributed by atoms with Crippen molar-refractivity contribution in [3.63, 3.8) is 0 Å². The predicted octanol–water partition coefficient (Wildman–Crippen LogP) is 5.09. The fraction of sp³-hybridized carbons (Fsp3) is 0.0556. The van der Waals surface area contributed by atoms with Crippen LogP contribution in [0.15, 0.2) is 47.4 Å². The lowest BCUT2D eigenvalue weighted by atomic mass is 10.1. The Bertz CT molecular complexity index is 922. The molecule has 1 aliphatic heterocycles. The fourth-order valence-corrected chi connectivity index (χ4v) is 3.83. The molecule has 1 saturated heterocycles. The highest BCUT2D eigenvalue weighted by Gasteiger charge is 2.33. The largest absolute Gasteiger partial charge is 0.295 e. The van der Waals surface area contributed by atoms with Crippen molar-refractivity contribution in [1.29, 1.82) is 0 Å². The second kappa shape index (κ2) is 7.07. The molecule has 3 rings (SSSR count). The normalized spacial score (nSPS) is 16.0. The van der Waals surface area contributed by atoms with Crippen molar-refractivity contribution in [1.82, 2.24) is 0 Å². The van der Waals surface area contributed by atoms with E-state index in [1.54, 1.807) is 30.3 Å². The van der Waals surface area contributed by atoms with Crippen LogP contribution >= 0.6 is 35.6 Å². The molecule has 0 saturated carbocycles. The van der Waals surface area contributed by atoms with Crippen LogP contribution in [-0.2, 0) is 4.79 Å². The molecule has 1 aliphatic rings. The molecule has 0 aliphatic carbocycles. The van der Waals surface area contributed by atoms with Crippen molar-refractivity contribution >= 4 is 63.4 Å². The summed E-state index contributed by atoms with van der Waals surface area (Å²) in [5, 5.41) is 0.212. The fourth-order valence-electron chi connectivity index (χ4n) is 2.33. The maximum absolute atomic E-state index is 14.0. The van der Waals surface area contributed by atoms with Gasteiger partial charge in [0.25, 0.3) is 5.91 Å². The average Bonchev–Trinajstić information content (AvgIpc) is 2.85. The first-order chi connectivity index (χ1) is 11.9. The van der Waals surface area contributed by atoms with Gasteiger partial charge in [-0.3, -0.25) is 14.5 Å². The third kappa shape index (κ3) is 3.51. The minimum Gasteiger partial charge on any atom is -0.295 e. The van der Waals surface area contributed by atoms with Crippen LogP contribution in [0.2, 0.25) is 5.02 Å². The Morgan fingerprint density at radius 1 is 1.28 bits per heavy atom. The van der Waals surface area contributed by atoms with Gasteiger partial charge in [-0.05, 0) is 37.3 Å². The van der Waals surface area contributed by atoms with Crippen molar-refractivity contribution in [2.45, 2.75) is 6.92 Å². The van der Waals surface area contributed by atoms with Gasteiger partial charge in [0.1, 0.15) is 5.82 Å². The number of Topliss-reactive ketones (excluding diaryl/α,β-unsaturated/α-hetero) is 1. The molecule has 0 atom stereocenters. The number of amides is 1. The maximum Gasteiger partial charge on any atom is 0.270 e. The predicted molar refractivity (Wildman–Crippen MR) is 104 cm³/mol. The molecule has 0 unspecified atom stereocenters. The molecule has 7 heteroatoms. The summed E-state index contributed by atoms with van der Waals surface area (Å²) in [4.78, 5) is 25.9. The van der Waals surface area contributed by atoms with Crippen molar-refractivity contribution in [2.75, 3.05) is 4.90 Å². The van der Waals surface area contributed by atoms with E-state index < -0.39 is 5.82 Å². The molecule has 2 aromatic rings. The van der Waals surface area contributed by atoms with Gasteiger partial charge in [-0.25, -0.2) is 4.39 Å². The SMILES string of the molecule is CC(=O)c1cccc(N2C(=O)/C(=C/c3c(F)cccc3Cl)SC2=S)c1. The summed E-state index contributed by atoms with van der Waals surface area (Å²) in [5.74, 6) is -1.01. The van der Waals surface area contributed by atoms with E-state index >= 15 is 0 Å². The van der Waals surface area contributed by atoms with Gasteiger partial charge in [-0.1, -0.05) is 53.8 Å². The van der Waals surface area contributed by atoms with Crippen molar-refractivity contribution in [2.24, 2.45) is 0 Å². The Morgan fingerprint density at radius 3 is 2.68 bits per heavy atom. The lowest BCUT2D eigenvalue weighted by Crippen LogP contribution is -2.27. The summed E-state index contributed by atoms with van der Waals surface area (Å²) in [7, 11) is 0. The smallest absolute Gasteiger partial charge is 0.270 e. The van der Waals surface area contributed by atoms with E-state index in [4.69, 9.17) is 23.8 Å². The standard InChI is InChI=1S/C18H11ClFNO2S2/c1-10(22)11-4-2-5-12(8-11)21-17(23)16(25-18(21)24)9-13-14(19)6-3-7-15(13)20/h2-9H,1H3/b16-9-. The molecule has 126 valence electrons. The minimum absolute atomic E-state index is 0.110. The van der Waals surface area contributed by atoms with Crippen LogP contribution in [0.1, 0.15) is 22.8 Å². The number of hydrogen-bond acceptors (Lipinski definition) is 4. The summed E-state index contributed by atoms with van der Waals surface area (Å²) < 4.78 is 14.3. The van der Waals surface area contributed by atoms with E-state index in [9.17, 15) is 14.0 Å². The Labute approximate surface area is 158 Å². The monoisotopic (exact) mass is 391 g/mol. The Hall–Kier alpha value is -2.02. The molecule has 3 nitrogen and oxygen atoms in total. The number of carbonyl (C=O) groups is 2. The first-order valence-electron chi connectivity index (χ1n) is 7.21. The van der Waals surface area contributed by atoms with Gasteiger partial charge >= 0.3 is 0 Å². The zero-order chi connectivity index (χ0) is 18.1. The number of rotatable bonds is 3. The first kappa shape index (κ1) is 17.8. The molecule has 1 fully saturated rings. The molecule has 0 bridgehead atoms. The van der Waals surface area contributed by atoms with Crippen molar-refractivity contribution < 1.29 is 14.0 Å². The number of carbonyl (C=O) groups excluding carboxylic acids is 2. The third-order valence-corrected chi connectivity index (χ3v) is 5.21. The van der Waals surface area contributed by atoms with Crippen LogP contribution < -0.4 is 4.90 Å². The molecule has 1 heterocycles. The van der Waals surface area contributed by atoms with E-state index in [0.29, 0.717) is 15.6 Å². The number of benzene rings is 2. The Morgan fingerprint density at radius 2 is 2.00 bits per heavy atom. The third-order valence-electron chi connectivity index (χ3n) is 3.58. The van der Waals surface area contributed by atoms with Crippen LogP contribution in [0.3, 0.4) is 0 Å². The van der Waals surface area contributed by atoms with Crippen LogP contribution in [-0.4, -0.2) is 16.0 Å². The first-order valence-corrected chi connectivity index (χ1v) is 8.81. The molecule has 25 heavy (non-hydrogen) atoms. The van der Waals surface area contributed by atoms with E-state index in [0.717, 1.165) is 11.8 Å². The summed E-state index contributed by atoms with van der Waals surface area (Å²) in [5.41, 5.74) is 1.12. The number of hydrogen-bond donors (Lipinski definition) is 0. The number of nitrogens with zero attached hydrogens (tertiary/aromatic N) is 1. The summed E-state index contributed by atoms with van der Waals surface area (Å²) in [6.07, 6.45) is 1.39. The van der Waals surface area contributed by atoms with Crippen LogP contribution in [0.5, 0.6) is 0 Å². The highest BCUT2D eigenvalue weighted by atomic mass is 35.5. The van der Waals surface area contributed by atoms with Gasteiger partial charge < -0.3 is 0 Å². The van der Waals surface area contributed by atoms with Gasteiger partial charge in [0.15, 0.2) is 10.1 Å². The quantitative estimate of drug-likeness (QED) is 0.415. The zero-order valence-corrected chi connectivity index (χ0v) is 15.3. The lowest BCUT2D eigenvalue weighted by Gasteiger charge is -2.15. The molecular formula is C18H11ClFNO2S2.